The van der Waals surface area contributed by atoms with Crippen LogP contribution in [0.4, 0.5) is 0 Å². The Balaban J connectivity index is 2.31. The number of benzene rings is 1. The Labute approximate surface area is 120 Å². The molecule has 0 saturated carbocycles. The topological polar surface area (TPSA) is 79.0 Å². The molecule has 2 aromatic rings. The molecule has 0 radical (unpaired) electrons. The van der Waals surface area contributed by atoms with Crippen molar-refractivity contribution in [2.45, 2.75) is 18.4 Å². The zero-order valence-corrected chi connectivity index (χ0v) is 12.9. The fourth-order valence-electron chi connectivity index (χ4n) is 1.59. The SMILES string of the molecule is Cc1ccc(S(=O)(=O)N(C)Cc2ncn[nH]2)c(Br)c1. The molecule has 1 aromatic carbocycles. The first kappa shape index (κ1) is 14.2. The number of halogens is 1. The van der Waals surface area contributed by atoms with Crippen LogP contribution in [0.3, 0.4) is 0 Å². The second kappa shape index (κ2) is 5.40. The summed E-state index contributed by atoms with van der Waals surface area (Å²) < 4.78 is 26.6. The lowest BCUT2D eigenvalue weighted by Gasteiger charge is -2.17. The number of aryl methyl sites for hydroxylation is 1. The Morgan fingerprint density at radius 1 is 1.42 bits per heavy atom. The zero-order chi connectivity index (χ0) is 14.0. The van der Waals surface area contributed by atoms with E-state index in [0.717, 1.165) is 5.56 Å². The summed E-state index contributed by atoms with van der Waals surface area (Å²) in [6, 6.07) is 5.13. The summed E-state index contributed by atoms with van der Waals surface area (Å²) in [6.45, 7) is 2.04. The number of nitrogens with one attached hydrogen (secondary N) is 1. The van der Waals surface area contributed by atoms with Crippen molar-refractivity contribution in [2.24, 2.45) is 0 Å². The van der Waals surface area contributed by atoms with Gasteiger partial charge in [-0.3, -0.25) is 5.10 Å². The summed E-state index contributed by atoms with van der Waals surface area (Å²) in [5.74, 6) is 0.495. The van der Waals surface area contributed by atoms with Gasteiger partial charge in [0.15, 0.2) is 0 Å². The summed E-state index contributed by atoms with van der Waals surface area (Å²) in [5.41, 5.74) is 0.990. The van der Waals surface area contributed by atoms with Gasteiger partial charge in [0.2, 0.25) is 10.0 Å². The van der Waals surface area contributed by atoms with E-state index in [-0.39, 0.29) is 11.4 Å². The van der Waals surface area contributed by atoms with E-state index in [9.17, 15) is 8.42 Å². The van der Waals surface area contributed by atoms with Gasteiger partial charge in [0, 0.05) is 11.5 Å². The quantitative estimate of drug-likeness (QED) is 0.915. The Kier molecular flexibility index (Phi) is 4.02. The molecule has 0 amide bonds. The van der Waals surface area contributed by atoms with Gasteiger partial charge in [0.1, 0.15) is 12.2 Å². The largest absolute Gasteiger partial charge is 0.262 e. The van der Waals surface area contributed by atoms with Crippen LogP contribution in [0.5, 0.6) is 0 Å². The van der Waals surface area contributed by atoms with Crippen LogP contribution < -0.4 is 0 Å². The van der Waals surface area contributed by atoms with E-state index < -0.39 is 10.0 Å². The maximum absolute atomic E-state index is 12.4. The summed E-state index contributed by atoms with van der Waals surface area (Å²) in [7, 11) is -2.06. The lowest BCUT2D eigenvalue weighted by Crippen LogP contribution is -2.27. The third-order valence-corrected chi connectivity index (χ3v) is 5.39. The molecule has 0 aliphatic rings. The minimum atomic E-state index is -3.56. The first-order valence-electron chi connectivity index (χ1n) is 5.48. The molecule has 0 aliphatic heterocycles. The third kappa shape index (κ3) is 3.02. The van der Waals surface area contributed by atoms with Gasteiger partial charge in [0.05, 0.1) is 11.4 Å². The van der Waals surface area contributed by atoms with E-state index in [0.29, 0.717) is 10.3 Å². The Morgan fingerprint density at radius 3 is 2.74 bits per heavy atom. The van der Waals surface area contributed by atoms with Gasteiger partial charge in [0.25, 0.3) is 0 Å². The first-order valence-corrected chi connectivity index (χ1v) is 7.71. The molecule has 1 aromatic heterocycles. The predicted molar refractivity (Wildman–Crippen MR) is 73.9 cm³/mol. The molecular weight excluding hydrogens is 332 g/mol. The summed E-state index contributed by atoms with van der Waals surface area (Å²) >= 11 is 3.29. The van der Waals surface area contributed by atoms with Crippen molar-refractivity contribution in [3.8, 4) is 0 Å². The third-order valence-electron chi connectivity index (χ3n) is 2.61. The number of rotatable bonds is 4. The second-order valence-corrected chi connectivity index (χ2v) is 6.99. The fourth-order valence-corrected chi connectivity index (χ4v) is 3.87. The fraction of sp³-hybridized carbons (Fsp3) is 0.273. The van der Waals surface area contributed by atoms with Crippen molar-refractivity contribution < 1.29 is 8.42 Å². The number of aromatic nitrogens is 3. The minimum Gasteiger partial charge on any atom is -0.262 e. The molecule has 1 heterocycles. The van der Waals surface area contributed by atoms with Crippen molar-refractivity contribution in [1.29, 1.82) is 0 Å². The standard InChI is InChI=1S/C11H13BrN4O2S/c1-8-3-4-10(9(12)5-8)19(17,18)16(2)6-11-13-7-14-15-11/h3-5,7H,6H2,1-2H3,(H,13,14,15). The van der Waals surface area contributed by atoms with Crippen LogP contribution in [0, 0.1) is 6.92 Å². The smallest absolute Gasteiger partial charge is 0.244 e. The van der Waals surface area contributed by atoms with Gasteiger partial charge >= 0.3 is 0 Å². The van der Waals surface area contributed by atoms with Gasteiger partial charge in [-0.25, -0.2) is 13.4 Å². The number of H-pyrrole nitrogens is 1. The van der Waals surface area contributed by atoms with Crippen molar-refractivity contribution >= 4 is 26.0 Å². The highest BCUT2D eigenvalue weighted by Crippen LogP contribution is 2.25. The van der Waals surface area contributed by atoms with Gasteiger partial charge in [-0.1, -0.05) is 6.07 Å². The average molecular weight is 345 g/mol. The number of hydrogen-bond acceptors (Lipinski definition) is 4. The van der Waals surface area contributed by atoms with Crippen LogP contribution in [0.25, 0.3) is 0 Å². The summed E-state index contributed by atoms with van der Waals surface area (Å²) in [4.78, 5) is 4.15. The zero-order valence-electron chi connectivity index (χ0n) is 10.5. The van der Waals surface area contributed by atoms with E-state index in [1.54, 1.807) is 18.2 Å². The molecule has 1 N–H and O–H groups in total. The number of hydrogen-bond donors (Lipinski definition) is 1. The molecule has 19 heavy (non-hydrogen) atoms. The van der Waals surface area contributed by atoms with E-state index in [4.69, 9.17) is 0 Å². The average Bonchev–Trinajstić information content (AvgIpc) is 2.81. The summed E-state index contributed by atoms with van der Waals surface area (Å²) in [6.07, 6.45) is 1.34. The molecule has 0 fully saturated rings. The van der Waals surface area contributed by atoms with E-state index in [1.807, 2.05) is 6.92 Å². The van der Waals surface area contributed by atoms with Crippen LogP contribution in [0.1, 0.15) is 11.4 Å². The molecule has 0 spiro atoms. The molecule has 8 heteroatoms. The van der Waals surface area contributed by atoms with E-state index >= 15 is 0 Å². The molecule has 102 valence electrons. The molecule has 2 rings (SSSR count). The lowest BCUT2D eigenvalue weighted by molar-refractivity contribution is 0.457. The van der Waals surface area contributed by atoms with Crippen LogP contribution in [0.2, 0.25) is 0 Å². The number of aromatic amines is 1. The molecule has 0 bridgehead atoms. The molecule has 0 aliphatic carbocycles. The first-order chi connectivity index (χ1) is 8.91. The lowest BCUT2D eigenvalue weighted by atomic mass is 10.2. The minimum absolute atomic E-state index is 0.142. The highest BCUT2D eigenvalue weighted by Gasteiger charge is 2.24. The van der Waals surface area contributed by atoms with Crippen LogP contribution >= 0.6 is 15.9 Å². The van der Waals surface area contributed by atoms with Crippen LogP contribution in [0.15, 0.2) is 33.9 Å². The van der Waals surface area contributed by atoms with Gasteiger partial charge < -0.3 is 0 Å². The van der Waals surface area contributed by atoms with E-state index in [2.05, 4.69) is 31.1 Å². The molecule has 0 atom stereocenters. The van der Waals surface area contributed by atoms with Crippen molar-refractivity contribution in [3.05, 3.63) is 40.4 Å². The number of sulfonamides is 1. The molecular formula is C11H13BrN4O2S. The second-order valence-electron chi connectivity index (χ2n) is 4.13. The highest BCUT2D eigenvalue weighted by molar-refractivity contribution is 9.10. The van der Waals surface area contributed by atoms with Crippen LogP contribution in [-0.2, 0) is 16.6 Å². The Hall–Kier alpha value is -1.25. The van der Waals surface area contributed by atoms with Crippen molar-refractivity contribution in [3.63, 3.8) is 0 Å². The van der Waals surface area contributed by atoms with Crippen molar-refractivity contribution in [2.75, 3.05) is 7.05 Å². The highest BCUT2D eigenvalue weighted by atomic mass is 79.9. The van der Waals surface area contributed by atoms with Gasteiger partial charge in [-0.15, -0.1) is 0 Å². The van der Waals surface area contributed by atoms with Gasteiger partial charge in [-0.2, -0.15) is 9.40 Å². The van der Waals surface area contributed by atoms with Crippen LogP contribution in [-0.4, -0.2) is 35.0 Å². The molecule has 6 nitrogen and oxygen atoms in total. The van der Waals surface area contributed by atoms with Gasteiger partial charge in [-0.05, 0) is 40.5 Å². The normalized spacial score (nSPS) is 12.0. The maximum atomic E-state index is 12.4. The number of nitrogens with zero attached hydrogens (tertiary/aromatic N) is 3. The predicted octanol–water partition coefficient (Wildman–Crippen LogP) is 1.70. The molecule has 0 saturated heterocycles. The van der Waals surface area contributed by atoms with E-state index in [1.165, 1.54) is 17.7 Å². The monoisotopic (exact) mass is 344 g/mol. The van der Waals surface area contributed by atoms with Crippen molar-refractivity contribution in [1.82, 2.24) is 19.5 Å². The Morgan fingerprint density at radius 2 is 2.16 bits per heavy atom. The maximum Gasteiger partial charge on any atom is 0.244 e. The summed E-state index contributed by atoms with van der Waals surface area (Å²) in [5, 5.41) is 6.33. The Bertz CT molecular complexity index is 670. The molecule has 0 unspecified atom stereocenters.